The Hall–Kier alpha value is -4.69. The van der Waals surface area contributed by atoms with Gasteiger partial charge in [0.1, 0.15) is 5.75 Å². The van der Waals surface area contributed by atoms with Gasteiger partial charge in [-0.1, -0.05) is 64.5 Å². The largest absolute Gasteiger partial charge is 0.496 e. The van der Waals surface area contributed by atoms with E-state index in [2.05, 4.69) is 38.3 Å². The molecule has 0 saturated heterocycles. The predicted octanol–water partition coefficient (Wildman–Crippen LogP) is 7.75. The number of hydrogen-bond donors (Lipinski definition) is 1. The molecule has 1 atom stereocenters. The van der Waals surface area contributed by atoms with Crippen LogP contribution in [0.5, 0.6) is 5.75 Å². The fourth-order valence-corrected chi connectivity index (χ4v) is 5.67. The van der Waals surface area contributed by atoms with Gasteiger partial charge in [0.2, 0.25) is 0 Å². The van der Waals surface area contributed by atoms with Crippen molar-refractivity contribution in [3.63, 3.8) is 0 Å². The fraction of sp³-hybridized carbons (Fsp3) is 0.0938. The van der Waals surface area contributed by atoms with Gasteiger partial charge in [-0.05, 0) is 61.5 Å². The van der Waals surface area contributed by atoms with Crippen molar-refractivity contribution in [3.05, 3.63) is 124 Å². The number of para-hydroxylation sites is 4. The summed E-state index contributed by atoms with van der Waals surface area (Å²) in [4.78, 5) is 12.6. The molecule has 0 bridgehead atoms. The summed E-state index contributed by atoms with van der Waals surface area (Å²) in [5, 5.41) is 8.54. The number of nitrogens with zero attached hydrogens (tertiary/aromatic N) is 5. The number of nitrogens with one attached hydrogen (secondary N) is 1. The Bertz CT molecular complexity index is 1790. The van der Waals surface area contributed by atoms with Gasteiger partial charge in [-0.3, -0.25) is 0 Å². The normalized spacial score (nSPS) is 15.4. The highest BCUT2D eigenvalue weighted by atomic mass is 79.9. The summed E-state index contributed by atoms with van der Waals surface area (Å²) in [6, 6.07) is 34.2. The van der Waals surface area contributed by atoms with Crippen molar-refractivity contribution in [1.29, 1.82) is 0 Å². The Balaban J connectivity index is 1.51. The van der Waals surface area contributed by atoms with Gasteiger partial charge in [0, 0.05) is 21.3 Å². The lowest BCUT2D eigenvalue weighted by atomic mass is 9.92. The summed E-state index contributed by atoms with van der Waals surface area (Å²) in [5.74, 6) is 2.94. The number of aromatic nitrogens is 2. The first kappa shape index (κ1) is 24.4. The molecule has 0 saturated carbocycles. The van der Waals surface area contributed by atoms with E-state index >= 15 is 0 Å². The third-order valence-electron chi connectivity index (χ3n) is 7.18. The number of rotatable bonds is 4. The van der Waals surface area contributed by atoms with Crippen LogP contribution in [0.1, 0.15) is 22.9 Å². The van der Waals surface area contributed by atoms with E-state index in [9.17, 15) is 0 Å². The molecular weight excluding hydrogens is 564 g/mol. The number of ether oxygens (including phenoxy) is 1. The standard InChI is InChI=1S/C32H25BrN6O/c1-20-28-29(24-12-6-9-15-27(24)40-2)38-26-14-8-7-13-25(26)35-30(34-22-18-16-21(33)17-19-22)32(38)36-31(28)39(37-20)23-10-4-3-5-11-23/h3-19,29H,1-2H3,(H,34,35)/t29-/m0/s1. The number of methoxy groups -OCH3 is 1. The second kappa shape index (κ2) is 9.81. The number of aryl methyl sites for hydroxylation is 1. The van der Waals surface area contributed by atoms with Crippen molar-refractivity contribution in [2.45, 2.75) is 13.0 Å². The number of aliphatic imine (C=N–C) groups is 2. The van der Waals surface area contributed by atoms with Gasteiger partial charge in [-0.2, -0.15) is 5.10 Å². The molecule has 40 heavy (non-hydrogen) atoms. The summed E-state index contributed by atoms with van der Waals surface area (Å²) in [5.41, 5.74) is 6.63. The van der Waals surface area contributed by atoms with Crippen molar-refractivity contribution >= 4 is 50.5 Å². The van der Waals surface area contributed by atoms with Gasteiger partial charge in [0.15, 0.2) is 17.5 Å². The topological polar surface area (TPSA) is 67.0 Å². The van der Waals surface area contributed by atoms with Crippen LogP contribution in [0.4, 0.5) is 22.9 Å². The number of anilines is 2. The minimum Gasteiger partial charge on any atom is -0.496 e. The first-order valence-corrected chi connectivity index (χ1v) is 13.8. The molecule has 196 valence electrons. The van der Waals surface area contributed by atoms with E-state index in [0.29, 0.717) is 11.7 Å². The van der Waals surface area contributed by atoms with Crippen molar-refractivity contribution in [2.24, 2.45) is 9.98 Å². The molecule has 8 heteroatoms. The lowest BCUT2D eigenvalue weighted by molar-refractivity contribution is 0.407. The van der Waals surface area contributed by atoms with Crippen LogP contribution in [0.15, 0.2) is 118 Å². The predicted molar refractivity (Wildman–Crippen MR) is 164 cm³/mol. The van der Waals surface area contributed by atoms with E-state index in [4.69, 9.17) is 19.8 Å². The molecule has 4 aromatic carbocycles. The van der Waals surface area contributed by atoms with E-state index in [1.54, 1.807) is 7.11 Å². The van der Waals surface area contributed by atoms with Crippen LogP contribution in [0.2, 0.25) is 0 Å². The fourth-order valence-electron chi connectivity index (χ4n) is 5.40. The SMILES string of the molecule is COc1ccccc1[C@H]1c2c(C)nn(-c3ccccc3)c2N=C2C(Nc3ccc(Br)cc3)=Nc3ccccc3N21. The summed E-state index contributed by atoms with van der Waals surface area (Å²) >= 11 is 3.53. The first-order chi connectivity index (χ1) is 19.6. The van der Waals surface area contributed by atoms with Crippen molar-refractivity contribution in [2.75, 3.05) is 17.3 Å². The second-order valence-corrected chi connectivity index (χ2v) is 10.5. The molecule has 7 rings (SSSR count). The van der Waals surface area contributed by atoms with Gasteiger partial charge < -0.3 is 15.0 Å². The molecule has 0 amide bonds. The Labute approximate surface area is 240 Å². The van der Waals surface area contributed by atoms with Crippen molar-refractivity contribution < 1.29 is 4.74 Å². The summed E-state index contributed by atoms with van der Waals surface area (Å²) in [6.45, 7) is 2.05. The van der Waals surface area contributed by atoms with Crippen LogP contribution in [0, 0.1) is 6.92 Å². The number of halogens is 1. The van der Waals surface area contributed by atoms with Gasteiger partial charge in [-0.25, -0.2) is 14.7 Å². The van der Waals surface area contributed by atoms with E-state index in [1.165, 1.54) is 0 Å². The second-order valence-electron chi connectivity index (χ2n) is 9.60. The molecule has 2 aliphatic heterocycles. The summed E-state index contributed by atoms with van der Waals surface area (Å²) in [7, 11) is 1.71. The van der Waals surface area contributed by atoms with Crippen LogP contribution >= 0.6 is 15.9 Å². The molecular formula is C32H25BrN6O. The van der Waals surface area contributed by atoms with Crippen LogP contribution < -0.4 is 15.0 Å². The van der Waals surface area contributed by atoms with Crippen molar-refractivity contribution in [3.8, 4) is 11.4 Å². The Morgan fingerprint density at radius 1 is 0.825 bits per heavy atom. The summed E-state index contributed by atoms with van der Waals surface area (Å²) in [6.07, 6.45) is 0. The van der Waals surface area contributed by atoms with Crippen molar-refractivity contribution in [1.82, 2.24) is 9.78 Å². The molecule has 3 heterocycles. The lowest BCUT2D eigenvalue weighted by Crippen LogP contribution is -2.46. The molecule has 0 spiro atoms. The first-order valence-electron chi connectivity index (χ1n) is 13.0. The molecule has 5 aromatic rings. The smallest absolute Gasteiger partial charge is 0.179 e. The minimum atomic E-state index is -0.255. The zero-order valence-corrected chi connectivity index (χ0v) is 23.5. The van der Waals surface area contributed by atoms with E-state index < -0.39 is 0 Å². The lowest BCUT2D eigenvalue weighted by Gasteiger charge is -2.41. The minimum absolute atomic E-state index is 0.255. The molecule has 0 aliphatic carbocycles. The van der Waals surface area contributed by atoms with Gasteiger partial charge in [0.05, 0.1) is 35.9 Å². The van der Waals surface area contributed by atoms with E-state index in [1.807, 2.05) is 103 Å². The third-order valence-corrected chi connectivity index (χ3v) is 7.71. The highest BCUT2D eigenvalue weighted by molar-refractivity contribution is 9.10. The molecule has 0 fully saturated rings. The number of amidine groups is 2. The zero-order chi connectivity index (χ0) is 27.2. The Kier molecular flexibility index (Phi) is 5.97. The van der Waals surface area contributed by atoms with Crippen LogP contribution in [0.3, 0.4) is 0 Å². The van der Waals surface area contributed by atoms with Crippen LogP contribution in [0.25, 0.3) is 5.69 Å². The Morgan fingerprint density at radius 3 is 2.35 bits per heavy atom. The average Bonchev–Trinajstić information content (AvgIpc) is 3.33. The monoisotopic (exact) mass is 588 g/mol. The third kappa shape index (κ3) is 3.99. The maximum absolute atomic E-state index is 5.90. The highest BCUT2D eigenvalue weighted by Gasteiger charge is 2.42. The van der Waals surface area contributed by atoms with E-state index in [-0.39, 0.29) is 6.04 Å². The molecule has 7 nitrogen and oxygen atoms in total. The van der Waals surface area contributed by atoms with E-state index in [0.717, 1.165) is 55.6 Å². The number of fused-ring (bicyclic) bond motifs is 4. The molecule has 2 aliphatic rings. The quantitative estimate of drug-likeness (QED) is 0.233. The molecule has 0 unspecified atom stereocenters. The summed E-state index contributed by atoms with van der Waals surface area (Å²) < 4.78 is 8.84. The van der Waals surface area contributed by atoms with Crippen LogP contribution in [-0.2, 0) is 0 Å². The molecule has 1 aromatic heterocycles. The average molecular weight is 589 g/mol. The van der Waals surface area contributed by atoms with Crippen LogP contribution in [-0.4, -0.2) is 28.6 Å². The highest BCUT2D eigenvalue weighted by Crippen LogP contribution is 2.49. The van der Waals surface area contributed by atoms with Gasteiger partial charge >= 0.3 is 0 Å². The maximum atomic E-state index is 5.90. The van der Waals surface area contributed by atoms with Gasteiger partial charge in [0.25, 0.3) is 0 Å². The maximum Gasteiger partial charge on any atom is 0.179 e. The Morgan fingerprint density at radius 2 is 1.55 bits per heavy atom. The number of benzene rings is 4. The molecule has 1 N–H and O–H groups in total. The van der Waals surface area contributed by atoms with Gasteiger partial charge in [-0.15, -0.1) is 0 Å². The molecule has 0 radical (unpaired) electrons. The number of hydrogen-bond acceptors (Lipinski definition) is 6. The zero-order valence-electron chi connectivity index (χ0n) is 21.9.